The fourth-order valence-electron chi connectivity index (χ4n) is 2.48. The Morgan fingerprint density at radius 2 is 1.45 bits per heavy atom. The van der Waals surface area contributed by atoms with Crippen LogP contribution in [0.5, 0.6) is 0 Å². The Hall–Kier alpha value is -2.78. The SMILES string of the molecule is O=C(NNC(=O)c1cc(Cl)ccc1Cl)c1cccc(S(=O)(=O)Nc2ccccc2Cl)c1. The van der Waals surface area contributed by atoms with Crippen molar-refractivity contribution in [3.8, 4) is 0 Å². The van der Waals surface area contributed by atoms with Crippen LogP contribution in [0.4, 0.5) is 5.69 Å². The number of amides is 2. The number of nitrogens with one attached hydrogen (secondary N) is 3. The zero-order chi connectivity index (χ0) is 22.6. The Labute approximate surface area is 193 Å². The number of carbonyl (C=O) groups excluding carboxylic acids is 2. The van der Waals surface area contributed by atoms with Crippen LogP contribution in [-0.2, 0) is 10.0 Å². The smallest absolute Gasteiger partial charge is 0.271 e. The molecule has 31 heavy (non-hydrogen) atoms. The molecule has 0 fully saturated rings. The Kier molecular flexibility index (Phi) is 7.07. The van der Waals surface area contributed by atoms with E-state index in [1.54, 1.807) is 12.1 Å². The van der Waals surface area contributed by atoms with Gasteiger partial charge in [-0.25, -0.2) is 8.42 Å². The number of para-hydroxylation sites is 1. The van der Waals surface area contributed by atoms with Gasteiger partial charge in [0.1, 0.15) is 0 Å². The molecule has 0 atom stereocenters. The molecule has 0 aromatic heterocycles. The highest BCUT2D eigenvalue weighted by molar-refractivity contribution is 7.92. The normalized spacial score (nSPS) is 10.9. The largest absolute Gasteiger partial charge is 0.278 e. The van der Waals surface area contributed by atoms with E-state index in [2.05, 4.69) is 15.6 Å². The minimum Gasteiger partial charge on any atom is -0.278 e. The number of hydrogen-bond acceptors (Lipinski definition) is 4. The maximum atomic E-state index is 12.7. The maximum absolute atomic E-state index is 12.7. The average Bonchev–Trinajstić information content (AvgIpc) is 2.75. The first kappa shape index (κ1) is 22.9. The molecule has 2 amide bonds. The lowest BCUT2D eigenvalue weighted by atomic mass is 10.2. The van der Waals surface area contributed by atoms with E-state index in [0.717, 1.165) is 6.07 Å². The quantitative estimate of drug-likeness (QED) is 0.450. The summed E-state index contributed by atoms with van der Waals surface area (Å²) in [4.78, 5) is 24.5. The predicted molar refractivity (Wildman–Crippen MR) is 120 cm³/mol. The van der Waals surface area contributed by atoms with Crippen LogP contribution in [0.3, 0.4) is 0 Å². The van der Waals surface area contributed by atoms with Crippen molar-refractivity contribution in [3.05, 3.63) is 92.9 Å². The third kappa shape index (κ3) is 5.68. The maximum Gasteiger partial charge on any atom is 0.271 e. The lowest BCUT2D eigenvalue weighted by Gasteiger charge is -2.11. The molecule has 0 aliphatic rings. The zero-order valence-corrected chi connectivity index (χ0v) is 18.6. The molecule has 0 radical (unpaired) electrons. The van der Waals surface area contributed by atoms with Crippen molar-refractivity contribution in [2.45, 2.75) is 4.90 Å². The van der Waals surface area contributed by atoms with E-state index in [0.29, 0.717) is 5.02 Å². The monoisotopic (exact) mass is 497 g/mol. The first-order chi connectivity index (χ1) is 14.7. The van der Waals surface area contributed by atoms with Gasteiger partial charge in [-0.1, -0.05) is 53.0 Å². The van der Waals surface area contributed by atoms with Crippen molar-refractivity contribution in [2.75, 3.05) is 4.72 Å². The molecule has 160 valence electrons. The molecule has 0 aliphatic heterocycles. The van der Waals surface area contributed by atoms with Crippen molar-refractivity contribution in [3.63, 3.8) is 0 Å². The summed E-state index contributed by atoms with van der Waals surface area (Å²) >= 11 is 17.8. The van der Waals surface area contributed by atoms with Crippen LogP contribution in [0.1, 0.15) is 20.7 Å². The van der Waals surface area contributed by atoms with Gasteiger partial charge < -0.3 is 0 Å². The molecule has 3 aromatic rings. The second kappa shape index (κ2) is 9.57. The molecule has 0 bridgehead atoms. The summed E-state index contributed by atoms with van der Waals surface area (Å²) in [6, 6.07) is 15.9. The minimum absolute atomic E-state index is 0.000440. The van der Waals surface area contributed by atoms with Gasteiger partial charge in [0.05, 0.1) is 26.2 Å². The lowest BCUT2D eigenvalue weighted by molar-refractivity contribution is 0.0846. The number of sulfonamides is 1. The van der Waals surface area contributed by atoms with E-state index >= 15 is 0 Å². The van der Waals surface area contributed by atoms with Gasteiger partial charge in [0.25, 0.3) is 21.8 Å². The molecule has 0 heterocycles. The summed E-state index contributed by atoms with van der Waals surface area (Å²) in [5.74, 6) is -1.42. The van der Waals surface area contributed by atoms with Gasteiger partial charge in [-0.3, -0.25) is 25.2 Å². The lowest BCUT2D eigenvalue weighted by Crippen LogP contribution is -2.41. The average molecular weight is 499 g/mol. The van der Waals surface area contributed by atoms with Crippen molar-refractivity contribution in [1.29, 1.82) is 0 Å². The standard InChI is InChI=1S/C20H14Cl3N3O4S/c21-13-8-9-16(22)15(11-13)20(28)25-24-19(27)12-4-3-5-14(10-12)31(29,30)26-18-7-2-1-6-17(18)23/h1-11,26H,(H,24,27)(H,25,28). The third-order valence-corrected chi connectivity index (χ3v) is 6.24. The summed E-state index contributed by atoms with van der Waals surface area (Å²) in [7, 11) is -4.01. The number of rotatable bonds is 5. The van der Waals surface area contributed by atoms with Crippen LogP contribution < -0.4 is 15.6 Å². The van der Waals surface area contributed by atoms with E-state index in [-0.39, 0.29) is 31.8 Å². The van der Waals surface area contributed by atoms with Crippen LogP contribution in [0, 0.1) is 0 Å². The topological polar surface area (TPSA) is 104 Å². The van der Waals surface area contributed by atoms with Crippen LogP contribution in [-0.4, -0.2) is 20.2 Å². The molecule has 0 unspecified atom stereocenters. The molecule has 0 saturated heterocycles. The van der Waals surface area contributed by atoms with E-state index < -0.39 is 21.8 Å². The summed E-state index contributed by atoms with van der Waals surface area (Å²) in [5.41, 5.74) is 4.67. The number of halogens is 3. The summed E-state index contributed by atoms with van der Waals surface area (Å²) < 4.78 is 27.7. The molecule has 0 saturated carbocycles. The fourth-order valence-corrected chi connectivity index (χ4v) is 4.22. The van der Waals surface area contributed by atoms with Crippen molar-refractivity contribution >= 4 is 62.3 Å². The minimum atomic E-state index is -4.01. The molecule has 0 spiro atoms. The number of carbonyl (C=O) groups is 2. The molecular formula is C20H14Cl3N3O4S. The van der Waals surface area contributed by atoms with E-state index in [4.69, 9.17) is 34.8 Å². The fraction of sp³-hybridized carbons (Fsp3) is 0. The Morgan fingerprint density at radius 3 is 2.19 bits per heavy atom. The number of hydrazine groups is 1. The van der Waals surface area contributed by atoms with Crippen molar-refractivity contribution in [1.82, 2.24) is 10.9 Å². The number of hydrogen-bond donors (Lipinski definition) is 3. The molecule has 7 nitrogen and oxygen atoms in total. The zero-order valence-electron chi connectivity index (χ0n) is 15.5. The first-order valence-electron chi connectivity index (χ1n) is 8.60. The van der Waals surface area contributed by atoms with Crippen LogP contribution in [0.2, 0.25) is 15.1 Å². The Balaban J connectivity index is 1.73. The van der Waals surface area contributed by atoms with Crippen molar-refractivity contribution in [2.24, 2.45) is 0 Å². The van der Waals surface area contributed by atoms with E-state index in [1.165, 1.54) is 48.5 Å². The molecule has 3 N–H and O–H groups in total. The molecule has 3 rings (SSSR count). The van der Waals surface area contributed by atoms with Gasteiger partial charge in [-0.2, -0.15) is 0 Å². The van der Waals surface area contributed by atoms with Gasteiger partial charge in [-0.05, 0) is 48.5 Å². The van der Waals surface area contributed by atoms with E-state index in [9.17, 15) is 18.0 Å². The highest BCUT2D eigenvalue weighted by atomic mass is 35.5. The molecule has 3 aromatic carbocycles. The van der Waals surface area contributed by atoms with Gasteiger partial charge in [0, 0.05) is 10.6 Å². The van der Waals surface area contributed by atoms with Crippen LogP contribution >= 0.6 is 34.8 Å². The first-order valence-corrected chi connectivity index (χ1v) is 11.2. The highest BCUT2D eigenvalue weighted by Crippen LogP contribution is 2.24. The Morgan fingerprint density at radius 1 is 0.742 bits per heavy atom. The second-order valence-electron chi connectivity index (χ2n) is 6.15. The number of anilines is 1. The summed E-state index contributed by atoms with van der Waals surface area (Å²) in [6.45, 7) is 0. The summed E-state index contributed by atoms with van der Waals surface area (Å²) in [5, 5.41) is 0.669. The molecular weight excluding hydrogens is 485 g/mol. The van der Waals surface area contributed by atoms with Gasteiger partial charge in [0.15, 0.2) is 0 Å². The predicted octanol–water partition coefficient (Wildman–Crippen LogP) is 4.52. The van der Waals surface area contributed by atoms with Crippen LogP contribution in [0.15, 0.2) is 71.6 Å². The van der Waals surface area contributed by atoms with Gasteiger partial charge in [-0.15, -0.1) is 0 Å². The van der Waals surface area contributed by atoms with E-state index in [1.807, 2.05) is 0 Å². The van der Waals surface area contributed by atoms with Gasteiger partial charge in [0.2, 0.25) is 0 Å². The number of benzene rings is 3. The van der Waals surface area contributed by atoms with Crippen LogP contribution in [0.25, 0.3) is 0 Å². The Bertz CT molecular complexity index is 1270. The molecule has 11 heteroatoms. The summed E-state index contributed by atoms with van der Waals surface area (Å²) in [6.07, 6.45) is 0. The third-order valence-electron chi connectivity index (χ3n) is 3.99. The highest BCUT2D eigenvalue weighted by Gasteiger charge is 2.18. The molecule has 0 aliphatic carbocycles. The van der Waals surface area contributed by atoms with Crippen molar-refractivity contribution < 1.29 is 18.0 Å². The van der Waals surface area contributed by atoms with Gasteiger partial charge >= 0.3 is 0 Å². The second-order valence-corrected chi connectivity index (χ2v) is 9.08.